The van der Waals surface area contributed by atoms with E-state index in [0.717, 1.165) is 11.1 Å². The highest BCUT2D eigenvalue weighted by molar-refractivity contribution is 5.89. The molecule has 0 saturated heterocycles. The molecule has 0 spiro atoms. The lowest BCUT2D eigenvalue weighted by Crippen LogP contribution is -1.99. The Morgan fingerprint density at radius 2 is 2.21 bits per heavy atom. The van der Waals surface area contributed by atoms with Crippen molar-refractivity contribution in [2.24, 2.45) is 5.73 Å². The standard InChI is InChI=1S/C11H11NO2/c1-14-11(13)7-6-9-4-2-3-5-10(9)8-12/h2-5H,8,12H2,1H3. The molecule has 72 valence electrons. The van der Waals surface area contributed by atoms with E-state index in [-0.39, 0.29) is 0 Å². The third-order valence-corrected chi connectivity index (χ3v) is 1.72. The minimum absolute atomic E-state index is 0.409. The van der Waals surface area contributed by atoms with Gasteiger partial charge in [-0.1, -0.05) is 24.1 Å². The second-order valence-electron chi connectivity index (χ2n) is 2.60. The predicted molar refractivity (Wildman–Crippen MR) is 53.2 cm³/mol. The van der Waals surface area contributed by atoms with Crippen molar-refractivity contribution in [3.63, 3.8) is 0 Å². The average molecular weight is 189 g/mol. The monoisotopic (exact) mass is 189 g/mol. The van der Waals surface area contributed by atoms with Gasteiger partial charge in [0.1, 0.15) is 0 Å². The largest absolute Gasteiger partial charge is 0.459 e. The molecule has 0 saturated carbocycles. The minimum Gasteiger partial charge on any atom is -0.459 e. The maximum absolute atomic E-state index is 10.8. The van der Waals surface area contributed by atoms with Gasteiger partial charge in [0.05, 0.1) is 7.11 Å². The van der Waals surface area contributed by atoms with Gasteiger partial charge in [-0.15, -0.1) is 0 Å². The van der Waals surface area contributed by atoms with E-state index in [9.17, 15) is 4.79 Å². The highest BCUT2D eigenvalue weighted by Crippen LogP contribution is 2.05. The first-order valence-corrected chi connectivity index (χ1v) is 4.16. The van der Waals surface area contributed by atoms with E-state index in [1.54, 1.807) is 0 Å². The summed E-state index contributed by atoms with van der Waals surface area (Å²) in [4.78, 5) is 10.8. The summed E-state index contributed by atoms with van der Waals surface area (Å²) >= 11 is 0. The molecule has 1 aromatic carbocycles. The summed E-state index contributed by atoms with van der Waals surface area (Å²) in [7, 11) is 1.30. The maximum Gasteiger partial charge on any atom is 0.384 e. The molecule has 3 nitrogen and oxygen atoms in total. The highest BCUT2D eigenvalue weighted by atomic mass is 16.5. The zero-order valence-corrected chi connectivity index (χ0v) is 7.91. The summed E-state index contributed by atoms with van der Waals surface area (Å²) in [6.45, 7) is 0.409. The van der Waals surface area contributed by atoms with Crippen molar-refractivity contribution in [2.75, 3.05) is 7.11 Å². The second kappa shape index (κ2) is 5.05. The van der Waals surface area contributed by atoms with Crippen LogP contribution < -0.4 is 5.73 Å². The average Bonchev–Trinajstić information content (AvgIpc) is 2.26. The van der Waals surface area contributed by atoms with Gasteiger partial charge in [0.25, 0.3) is 0 Å². The Bertz CT molecular complexity index is 388. The number of methoxy groups -OCH3 is 1. The Hall–Kier alpha value is -1.79. The predicted octanol–water partition coefficient (Wildman–Crippen LogP) is 0.670. The van der Waals surface area contributed by atoms with E-state index in [4.69, 9.17) is 5.73 Å². The first-order valence-electron chi connectivity index (χ1n) is 4.16. The number of esters is 1. The molecule has 0 aromatic heterocycles. The van der Waals surface area contributed by atoms with Crippen molar-refractivity contribution < 1.29 is 9.53 Å². The van der Waals surface area contributed by atoms with Crippen molar-refractivity contribution in [2.45, 2.75) is 6.54 Å². The number of carbonyl (C=O) groups excluding carboxylic acids is 1. The molecule has 0 unspecified atom stereocenters. The number of hydrogen-bond donors (Lipinski definition) is 1. The number of carbonyl (C=O) groups is 1. The molecule has 0 fully saturated rings. The molecular weight excluding hydrogens is 178 g/mol. The van der Waals surface area contributed by atoms with Gasteiger partial charge in [-0.3, -0.25) is 0 Å². The molecule has 2 N–H and O–H groups in total. The van der Waals surface area contributed by atoms with E-state index < -0.39 is 5.97 Å². The molecule has 0 heterocycles. The Morgan fingerprint density at radius 3 is 2.86 bits per heavy atom. The SMILES string of the molecule is COC(=O)C#Cc1ccccc1CN. The van der Waals surface area contributed by atoms with Crippen LogP contribution in [0.2, 0.25) is 0 Å². The summed E-state index contributed by atoms with van der Waals surface area (Å²) in [5.74, 6) is 4.52. The molecule has 14 heavy (non-hydrogen) atoms. The number of benzene rings is 1. The zero-order chi connectivity index (χ0) is 10.4. The van der Waals surface area contributed by atoms with Gasteiger partial charge < -0.3 is 10.5 Å². The summed E-state index contributed by atoms with van der Waals surface area (Å²) < 4.78 is 4.40. The Kier molecular flexibility index (Phi) is 3.71. The van der Waals surface area contributed by atoms with Gasteiger partial charge in [0.2, 0.25) is 0 Å². The van der Waals surface area contributed by atoms with E-state index in [1.807, 2.05) is 24.3 Å². The summed E-state index contributed by atoms with van der Waals surface area (Å²) in [6.07, 6.45) is 0. The third kappa shape index (κ3) is 2.61. The second-order valence-corrected chi connectivity index (χ2v) is 2.60. The summed E-state index contributed by atoms with van der Waals surface area (Å²) in [5, 5.41) is 0. The van der Waals surface area contributed by atoms with Crippen molar-refractivity contribution in [3.05, 3.63) is 35.4 Å². The van der Waals surface area contributed by atoms with Gasteiger partial charge >= 0.3 is 5.97 Å². The molecule has 0 radical (unpaired) electrons. The Labute approximate surface area is 82.9 Å². The van der Waals surface area contributed by atoms with Crippen LogP contribution >= 0.6 is 0 Å². The maximum atomic E-state index is 10.8. The summed E-state index contributed by atoms with van der Waals surface area (Å²) in [5.41, 5.74) is 7.19. The lowest BCUT2D eigenvalue weighted by molar-refractivity contribution is -0.133. The van der Waals surface area contributed by atoms with Crippen LogP contribution in [0.3, 0.4) is 0 Å². The molecule has 0 bridgehead atoms. The van der Waals surface area contributed by atoms with Crippen LogP contribution in [0.25, 0.3) is 0 Å². The smallest absolute Gasteiger partial charge is 0.384 e. The van der Waals surface area contributed by atoms with Crippen LogP contribution in [0, 0.1) is 11.8 Å². The normalized spacial score (nSPS) is 8.71. The Morgan fingerprint density at radius 1 is 1.50 bits per heavy atom. The molecule has 0 aliphatic heterocycles. The van der Waals surface area contributed by atoms with Gasteiger partial charge in [0, 0.05) is 18.0 Å². The fourth-order valence-corrected chi connectivity index (χ4v) is 0.990. The molecule has 0 atom stereocenters. The van der Waals surface area contributed by atoms with E-state index in [2.05, 4.69) is 16.6 Å². The quantitative estimate of drug-likeness (QED) is 0.522. The zero-order valence-electron chi connectivity index (χ0n) is 7.91. The van der Waals surface area contributed by atoms with E-state index >= 15 is 0 Å². The lowest BCUT2D eigenvalue weighted by atomic mass is 10.1. The van der Waals surface area contributed by atoms with E-state index in [0.29, 0.717) is 6.54 Å². The van der Waals surface area contributed by atoms with Crippen LogP contribution in [0.15, 0.2) is 24.3 Å². The number of ether oxygens (including phenoxy) is 1. The number of rotatable bonds is 1. The topological polar surface area (TPSA) is 52.3 Å². The fourth-order valence-electron chi connectivity index (χ4n) is 0.990. The van der Waals surface area contributed by atoms with Crippen molar-refractivity contribution >= 4 is 5.97 Å². The third-order valence-electron chi connectivity index (χ3n) is 1.72. The van der Waals surface area contributed by atoms with Gasteiger partial charge in [-0.25, -0.2) is 4.79 Å². The minimum atomic E-state index is -0.545. The fraction of sp³-hybridized carbons (Fsp3) is 0.182. The van der Waals surface area contributed by atoms with Crippen LogP contribution in [-0.2, 0) is 16.1 Å². The van der Waals surface area contributed by atoms with Crippen molar-refractivity contribution in [1.29, 1.82) is 0 Å². The first kappa shape index (κ1) is 10.3. The van der Waals surface area contributed by atoms with Crippen molar-refractivity contribution in [3.8, 4) is 11.8 Å². The highest BCUT2D eigenvalue weighted by Gasteiger charge is 1.96. The molecule has 1 rings (SSSR count). The van der Waals surface area contributed by atoms with Gasteiger partial charge in [-0.05, 0) is 11.6 Å². The number of nitrogens with two attached hydrogens (primary N) is 1. The van der Waals surface area contributed by atoms with Crippen LogP contribution in [0.5, 0.6) is 0 Å². The molecule has 0 aliphatic carbocycles. The van der Waals surface area contributed by atoms with Crippen LogP contribution in [0.4, 0.5) is 0 Å². The van der Waals surface area contributed by atoms with Gasteiger partial charge in [0.15, 0.2) is 0 Å². The molecule has 0 amide bonds. The molecule has 3 heteroatoms. The molecular formula is C11H11NO2. The Balaban J connectivity index is 2.94. The molecule has 0 aliphatic rings. The molecule has 1 aromatic rings. The number of hydrogen-bond acceptors (Lipinski definition) is 3. The van der Waals surface area contributed by atoms with Gasteiger partial charge in [-0.2, -0.15) is 0 Å². The van der Waals surface area contributed by atoms with Crippen LogP contribution in [-0.4, -0.2) is 13.1 Å². The summed E-state index contributed by atoms with van der Waals surface area (Å²) in [6, 6.07) is 7.42. The van der Waals surface area contributed by atoms with Crippen LogP contribution in [0.1, 0.15) is 11.1 Å². The van der Waals surface area contributed by atoms with Crippen molar-refractivity contribution in [1.82, 2.24) is 0 Å². The van der Waals surface area contributed by atoms with E-state index in [1.165, 1.54) is 7.11 Å². The lowest BCUT2D eigenvalue weighted by Gasteiger charge is -1.98. The first-order chi connectivity index (χ1) is 6.77.